The number of hydrogen-bond acceptors (Lipinski definition) is 4. The normalized spacial score (nSPS) is 22.2. The molecule has 1 amide bonds. The number of carbonyl (C=O) groups excluding carboxylic acids is 1. The molecule has 1 aliphatic carbocycles. The van der Waals surface area contributed by atoms with Gasteiger partial charge in [0.25, 0.3) is 11.6 Å². The Morgan fingerprint density at radius 1 is 1.47 bits per heavy atom. The second-order valence-corrected chi connectivity index (χ2v) is 4.59. The molecule has 1 aliphatic rings. The lowest BCUT2D eigenvalue weighted by molar-refractivity contribution is -0.385. The van der Waals surface area contributed by atoms with Crippen LogP contribution in [0.25, 0.3) is 0 Å². The van der Waals surface area contributed by atoms with E-state index in [-0.39, 0.29) is 17.6 Å². The zero-order chi connectivity index (χ0) is 14.0. The topological polar surface area (TPSA) is 98.3 Å². The van der Waals surface area contributed by atoms with Crippen molar-refractivity contribution in [3.63, 3.8) is 0 Å². The Morgan fingerprint density at radius 3 is 2.79 bits per heavy atom. The van der Waals surface area contributed by atoms with Crippen LogP contribution in [0.5, 0.6) is 0 Å². The Labute approximate surface area is 108 Å². The highest BCUT2D eigenvalue weighted by molar-refractivity contribution is 5.98. The van der Waals surface area contributed by atoms with Crippen molar-refractivity contribution in [1.29, 1.82) is 0 Å². The Bertz CT molecular complexity index is 521. The molecule has 7 heteroatoms. The van der Waals surface area contributed by atoms with Gasteiger partial charge in [0.1, 0.15) is 11.4 Å². The first-order chi connectivity index (χ1) is 8.99. The Morgan fingerprint density at radius 2 is 2.21 bits per heavy atom. The summed E-state index contributed by atoms with van der Waals surface area (Å²) in [6.07, 6.45) is 2.48. The zero-order valence-corrected chi connectivity index (χ0v) is 10.1. The standard InChI is InChI=1S/C12H14FN3O3/c13-7-4-5-8(11(6-7)16(18)19)12(17)15-10-3-1-2-9(10)14/h4-6,9-10H,1-3,14H2,(H,15,17). The number of amides is 1. The Kier molecular flexibility index (Phi) is 3.75. The third-order valence-corrected chi connectivity index (χ3v) is 3.29. The summed E-state index contributed by atoms with van der Waals surface area (Å²) in [4.78, 5) is 22.0. The van der Waals surface area contributed by atoms with Crippen LogP contribution in [0, 0.1) is 15.9 Å². The van der Waals surface area contributed by atoms with E-state index < -0.39 is 22.3 Å². The molecule has 0 radical (unpaired) electrons. The fourth-order valence-electron chi connectivity index (χ4n) is 2.26. The fourth-order valence-corrected chi connectivity index (χ4v) is 2.26. The molecule has 2 unspecified atom stereocenters. The van der Waals surface area contributed by atoms with Gasteiger partial charge >= 0.3 is 0 Å². The van der Waals surface area contributed by atoms with Crippen molar-refractivity contribution in [3.05, 3.63) is 39.7 Å². The number of benzene rings is 1. The monoisotopic (exact) mass is 267 g/mol. The predicted octanol–water partition coefficient (Wildman–Crippen LogP) is 1.34. The lowest BCUT2D eigenvalue weighted by atomic mass is 10.1. The van der Waals surface area contributed by atoms with Gasteiger partial charge < -0.3 is 11.1 Å². The maximum Gasteiger partial charge on any atom is 0.285 e. The number of nitrogens with one attached hydrogen (secondary N) is 1. The van der Waals surface area contributed by atoms with Gasteiger partial charge in [-0.05, 0) is 31.4 Å². The number of nitro benzene ring substituents is 1. The minimum absolute atomic E-state index is 0.136. The van der Waals surface area contributed by atoms with Crippen LogP contribution in [0.4, 0.5) is 10.1 Å². The molecule has 0 saturated heterocycles. The molecule has 1 aromatic carbocycles. The summed E-state index contributed by atoms with van der Waals surface area (Å²) in [5, 5.41) is 13.5. The molecule has 19 heavy (non-hydrogen) atoms. The molecule has 6 nitrogen and oxygen atoms in total. The number of carbonyl (C=O) groups is 1. The number of hydrogen-bond donors (Lipinski definition) is 2. The van der Waals surface area contributed by atoms with Gasteiger partial charge in [0.05, 0.1) is 11.0 Å². The van der Waals surface area contributed by atoms with E-state index in [0.717, 1.165) is 37.5 Å². The van der Waals surface area contributed by atoms with Crippen molar-refractivity contribution in [2.75, 3.05) is 0 Å². The first-order valence-corrected chi connectivity index (χ1v) is 5.99. The van der Waals surface area contributed by atoms with Gasteiger partial charge in [-0.1, -0.05) is 0 Å². The van der Waals surface area contributed by atoms with Crippen molar-refractivity contribution >= 4 is 11.6 Å². The van der Waals surface area contributed by atoms with E-state index in [1.54, 1.807) is 0 Å². The van der Waals surface area contributed by atoms with E-state index in [2.05, 4.69) is 5.32 Å². The molecule has 0 bridgehead atoms. The Balaban J connectivity index is 2.21. The first kappa shape index (κ1) is 13.4. The molecule has 102 valence electrons. The van der Waals surface area contributed by atoms with E-state index in [4.69, 9.17) is 5.73 Å². The molecule has 2 rings (SSSR count). The highest BCUT2D eigenvalue weighted by Gasteiger charge is 2.28. The van der Waals surface area contributed by atoms with Gasteiger partial charge in [0, 0.05) is 12.1 Å². The molecular weight excluding hydrogens is 253 g/mol. The number of halogens is 1. The van der Waals surface area contributed by atoms with Gasteiger partial charge in [-0.15, -0.1) is 0 Å². The first-order valence-electron chi connectivity index (χ1n) is 5.99. The van der Waals surface area contributed by atoms with Crippen molar-refractivity contribution in [2.45, 2.75) is 31.3 Å². The van der Waals surface area contributed by atoms with Crippen LogP contribution in [0.2, 0.25) is 0 Å². The molecule has 3 N–H and O–H groups in total. The van der Waals surface area contributed by atoms with Crippen molar-refractivity contribution in [3.8, 4) is 0 Å². The molecular formula is C12H14FN3O3. The van der Waals surface area contributed by atoms with Crippen LogP contribution in [0.15, 0.2) is 18.2 Å². The van der Waals surface area contributed by atoms with Gasteiger partial charge in [0.2, 0.25) is 0 Å². The number of nitro groups is 1. The maximum absolute atomic E-state index is 13.0. The lowest BCUT2D eigenvalue weighted by Gasteiger charge is -2.17. The van der Waals surface area contributed by atoms with Crippen LogP contribution in [0.1, 0.15) is 29.6 Å². The van der Waals surface area contributed by atoms with Crippen LogP contribution in [0.3, 0.4) is 0 Å². The fraction of sp³-hybridized carbons (Fsp3) is 0.417. The summed E-state index contributed by atoms with van der Waals surface area (Å²) in [6.45, 7) is 0. The van der Waals surface area contributed by atoms with E-state index in [1.807, 2.05) is 0 Å². The molecule has 0 spiro atoms. The average molecular weight is 267 g/mol. The van der Waals surface area contributed by atoms with Crippen LogP contribution in [-0.4, -0.2) is 22.9 Å². The van der Waals surface area contributed by atoms with Gasteiger partial charge in [0.15, 0.2) is 0 Å². The summed E-state index contributed by atoms with van der Waals surface area (Å²) in [7, 11) is 0. The lowest BCUT2D eigenvalue weighted by Crippen LogP contribution is -2.44. The molecule has 0 heterocycles. The van der Waals surface area contributed by atoms with E-state index in [9.17, 15) is 19.3 Å². The quantitative estimate of drug-likeness (QED) is 0.637. The van der Waals surface area contributed by atoms with Gasteiger partial charge in [-0.2, -0.15) is 0 Å². The molecule has 1 aromatic rings. The van der Waals surface area contributed by atoms with Crippen molar-refractivity contribution in [1.82, 2.24) is 5.32 Å². The highest BCUT2D eigenvalue weighted by atomic mass is 19.1. The summed E-state index contributed by atoms with van der Waals surface area (Å²) in [6, 6.07) is 2.56. The van der Waals surface area contributed by atoms with Crippen LogP contribution >= 0.6 is 0 Å². The second kappa shape index (κ2) is 5.31. The molecule has 1 saturated carbocycles. The van der Waals surface area contributed by atoms with Crippen molar-refractivity contribution in [2.24, 2.45) is 5.73 Å². The molecule has 0 aliphatic heterocycles. The zero-order valence-electron chi connectivity index (χ0n) is 10.1. The molecule has 1 fully saturated rings. The summed E-state index contributed by atoms with van der Waals surface area (Å²) >= 11 is 0. The van der Waals surface area contributed by atoms with E-state index >= 15 is 0 Å². The van der Waals surface area contributed by atoms with Crippen LogP contribution in [-0.2, 0) is 0 Å². The van der Waals surface area contributed by atoms with Crippen molar-refractivity contribution < 1.29 is 14.1 Å². The minimum atomic E-state index is -0.771. The third-order valence-electron chi connectivity index (χ3n) is 3.29. The number of nitrogens with zero attached hydrogens (tertiary/aromatic N) is 1. The minimum Gasteiger partial charge on any atom is -0.348 e. The SMILES string of the molecule is NC1CCCC1NC(=O)c1ccc(F)cc1[N+](=O)[O-]. The second-order valence-electron chi connectivity index (χ2n) is 4.59. The predicted molar refractivity (Wildman–Crippen MR) is 66.1 cm³/mol. The number of rotatable bonds is 3. The van der Waals surface area contributed by atoms with E-state index in [1.165, 1.54) is 0 Å². The maximum atomic E-state index is 13.0. The largest absolute Gasteiger partial charge is 0.348 e. The molecule has 0 aromatic heterocycles. The number of nitrogens with two attached hydrogens (primary N) is 1. The summed E-state index contributed by atoms with van der Waals surface area (Å²) in [5.74, 6) is -1.34. The van der Waals surface area contributed by atoms with Crippen LogP contribution < -0.4 is 11.1 Å². The average Bonchev–Trinajstić information content (AvgIpc) is 2.74. The summed E-state index contributed by atoms with van der Waals surface area (Å²) in [5.41, 5.74) is 5.13. The summed E-state index contributed by atoms with van der Waals surface area (Å²) < 4.78 is 13.0. The highest BCUT2D eigenvalue weighted by Crippen LogP contribution is 2.22. The third kappa shape index (κ3) is 2.87. The molecule has 2 atom stereocenters. The van der Waals surface area contributed by atoms with Gasteiger partial charge in [-0.25, -0.2) is 4.39 Å². The van der Waals surface area contributed by atoms with E-state index in [0.29, 0.717) is 0 Å². The van der Waals surface area contributed by atoms with Gasteiger partial charge in [-0.3, -0.25) is 14.9 Å². The Hall–Kier alpha value is -2.02. The smallest absolute Gasteiger partial charge is 0.285 e.